The second-order valence-electron chi connectivity index (χ2n) is 12.8. The Balaban J connectivity index is 3.65. The third-order valence-corrected chi connectivity index (χ3v) is 7.59. The number of nitrogens with one attached hydrogen (secondary N) is 1. The van der Waals surface area contributed by atoms with Crippen LogP contribution in [0.3, 0.4) is 0 Å². The van der Waals surface area contributed by atoms with Crippen molar-refractivity contribution < 1.29 is 18.8 Å². The molecule has 0 saturated carbocycles. The van der Waals surface area contributed by atoms with Crippen molar-refractivity contribution in [3.05, 3.63) is 23.3 Å². The lowest BCUT2D eigenvalue weighted by Crippen LogP contribution is -2.46. The highest BCUT2D eigenvalue weighted by atomic mass is 16.5. The Labute approximate surface area is 249 Å². The Morgan fingerprint density at radius 1 is 0.700 bits per heavy atom. The molecule has 0 spiro atoms. The van der Waals surface area contributed by atoms with Crippen molar-refractivity contribution in [2.24, 2.45) is 0 Å². The van der Waals surface area contributed by atoms with Crippen molar-refractivity contribution in [3.8, 4) is 0 Å². The Morgan fingerprint density at radius 3 is 1.75 bits per heavy atom. The van der Waals surface area contributed by atoms with Gasteiger partial charge in [0.25, 0.3) is 0 Å². The maximum atomic E-state index is 12.3. The molecule has 0 unspecified atom stereocenters. The van der Waals surface area contributed by atoms with Gasteiger partial charge in [-0.15, -0.1) is 0 Å². The summed E-state index contributed by atoms with van der Waals surface area (Å²) in [6.45, 7) is 10.8. The van der Waals surface area contributed by atoms with Crippen molar-refractivity contribution >= 4 is 11.9 Å². The molecule has 1 N–H and O–H groups in total. The summed E-state index contributed by atoms with van der Waals surface area (Å²) in [6, 6.07) is 0. The van der Waals surface area contributed by atoms with Gasteiger partial charge < -0.3 is 14.5 Å². The number of carbonyl (C=O) groups is 2. The number of rotatable bonds is 27. The minimum atomic E-state index is -0.171. The van der Waals surface area contributed by atoms with Crippen LogP contribution in [0.4, 0.5) is 0 Å². The maximum absolute atomic E-state index is 12.3. The van der Waals surface area contributed by atoms with Crippen LogP contribution in [0.1, 0.15) is 150 Å². The predicted octanol–water partition coefficient (Wildman–Crippen LogP) is 9.07. The van der Waals surface area contributed by atoms with Gasteiger partial charge in [0, 0.05) is 19.4 Å². The molecule has 0 aliphatic heterocycles. The molecule has 5 nitrogen and oxygen atoms in total. The molecule has 0 aromatic heterocycles. The molecule has 0 saturated heterocycles. The Bertz CT molecular complexity index is 693. The lowest BCUT2D eigenvalue weighted by molar-refractivity contribution is -0.883. The van der Waals surface area contributed by atoms with E-state index in [1.165, 1.54) is 94.6 Å². The van der Waals surface area contributed by atoms with E-state index in [1.54, 1.807) is 0 Å². The molecule has 0 aliphatic rings. The highest BCUT2D eigenvalue weighted by Gasteiger charge is 2.20. The van der Waals surface area contributed by atoms with Crippen LogP contribution >= 0.6 is 0 Å². The van der Waals surface area contributed by atoms with Gasteiger partial charge in [0.1, 0.15) is 6.61 Å². The van der Waals surface area contributed by atoms with Crippen LogP contribution in [0.5, 0.6) is 0 Å². The van der Waals surface area contributed by atoms with Gasteiger partial charge in [-0.05, 0) is 46.1 Å². The van der Waals surface area contributed by atoms with E-state index in [1.807, 2.05) is 20.2 Å². The first-order valence-electron chi connectivity index (χ1n) is 16.7. The van der Waals surface area contributed by atoms with Gasteiger partial charge in [-0.25, -0.2) is 4.79 Å². The van der Waals surface area contributed by atoms with Crippen LogP contribution in [0.2, 0.25) is 0 Å². The SMILES string of the molecule is CCCCCCCCCCCCCCCCCC(=O)NCCC[N+](C)(C)CC(=O)OCC=C(C)CCC=C(C)C. The summed E-state index contributed by atoms with van der Waals surface area (Å²) < 4.78 is 5.99. The summed E-state index contributed by atoms with van der Waals surface area (Å²) in [7, 11) is 4.08. The monoisotopic (exact) mass is 564 g/mol. The number of esters is 1. The van der Waals surface area contributed by atoms with Crippen molar-refractivity contribution in [3.63, 3.8) is 0 Å². The van der Waals surface area contributed by atoms with Gasteiger partial charge in [0.15, 0.2) is 6.54 Å². The highest BCUT2D eigenvalue weighted by Crippen LogP contribution is 2.14. The molecule has 0 aromatic carbocycles. The van der Waals surface area contributed by atoms with Crippen molar-refractivity contribution in [1.29, 1.82) is 0 Å². The topological polar surface area (TPSA) is 55.4 Å². The number of hydrogen-bond donors (Lipinski definition) is 1. The van der Waals surface area contributed by atoms with Gasteiger partial charge in [-0.3, -0.25) is 4.79 Å². The van der Waals surface area contributed by atoms with E-state index in [0.29, 0.717) is 30.6 Å². The predicted molar refractivity (Wildman–Crippen MR) is 172 cm³/mol. The van der Waals surface area contributed by atoms with E-state index in [2.05, 4.69) is 39.1 Å². The molecule has 0 aromatic rings. The summed E-state index contributed by atoms with van der Waals surface area (Å²) in [4.78, 5) is 24.4. The lowest BCUT2D eigenvalue weighted by atomic mass is 10.0. The molecule has 0 bridgehead atoms. The van der Waals surface area contributed by atoms with Crippen molar-refractivity contribution in [2.45, 2.75) is 150 Å². The number of likely N-dealkylation sites (N-methyl/N-ethyl adjacent to an activating group) is 1. The first-order chi connectivity index (χ1) is 19.2. The fraction of sp³-hybridized carbons (Fsp3) is 0.829. The van der Waals surface area contributed by atoms with E-state index < -0.39 is 0 Å². The summed E-state index contributed by atoms with van der Waals surface area (Å²) in [5, 5.41) is 3.05. The zero-order valence-corrected chi connectivity index (χ0v) is 27.6. The number of ether oxygens (including phenoxy) is 1. The quantitative estimate of drug-likeness (QED) is 0.0469. The molecule has 0 atom stereocenters. The molecule has 0 heterocycles. The minimum Gasteiger partial charge on any atom is -0.457 e. The fourth-order valence-electron chi connectivity index (χ4n) is 4.92. The van der Waals surface area contributed by atoms with E-state index in [9.17, 15) is 9.59 Å². The summed E-state index contributed by atoms with van der Waals surface area (Å²) in [6.07, 6.45) is 27.8. The van der Waals surface area contributed by atoms with Gasteiger partial charge in [-0.1, -0.05) is 114 Å². The molecule has 40 heavy (non-hydrogen) atoms. The molecule has 0 aliphatic carbocycles. The Morgan fingerprint density at radius 2 is 1.23 bits per heavy atom. The summed E-state index contributed by atoms with van der Waals surface area (Å²) >= 11 is 0. The zero-order valence-electron chi connectivity index (χ0n) is 27.6. The number of amides is 1. The summed E-state index contributed by atoms with van der Waals surface area (Å²) in [5.74, 6) is -0.0123. The van der Waals surface area contributed by atoms with E-state index in [4.69, 9.17) is 4.74 Å². The number of hydrogen-bond acceptors (Lipinski definition) is 3. The average Bonchev–Trinajstić information content (AvgIpc) is 2.88. The number of nitrogens with zero attached hydrogens (tertiary/aromatic N) is 1. The maximum Gasteiger partial charge on any atom is 0.362 e. The molecule has 0 radical (unpaired) electrons. The molecule has 0 rings (SSSR count). The standard InChI is InChI=1S/C35H66N2O3/c1-7-8-9-10-11-12-13-14-15-16-17-18-19-20-21-26-34(38)36-28-23-29-37(5,6)31-35(39)40-30-27-33(4)25-22-24-32(2)3/h24,27H,7-23,25-26,28-31H2,1-6H3/p+1. The summed E-state index contributed by atoms with van der Waals surface area (Å²) in [5.41, 5.74) is 2.58. The molecule has 234 valence electrons. The van der Waals surface area contributed by atoms with E-state index in [0.717, 1.165) is 38.6 Å². The largest absolute Gasteiger partial charge is 0.457 e. The third kappa shape index (κ3) is 27.9. The number of carbonyl (C=O) groups excluding carboxylic acids is 2. The van der Waals surface area contributed by atoms with Crippen LogP contribution in [0.25, 0.3) is 0 Å². The van der Waals surface area contributed by atoms with E-state index in [-0.39, 0.29) is 11.9 Å². The first-order valence-corrected chi connectivity index (χ1v) is 16.7. The molecule has 5 heteroatoms. The zero-order chi connectivity index (χ0) is 29.9. The van der Waals surface area contributed by atoms with Crippen LogP contribution in [0.15, 0.2) is 23.3 Å². The second-order valence-corrected chi connectivity index (χ2v) is 12.8. The number of unbranched alkanes of at least 4 members (excludes halogenated alkanes) is 14. The average molecular weight is 564 g/mol. The van der Waals surface area contributed by atoms with Gasteiger partial charge >= 0.3 is 5.97 Å². The molecule has 1 amide bonds. The second kappa shape index (κ2) is 26.3. The minimum absolute atomic E-state index is 0.158. The first kappa shape index (κ1) is 38.4. The molecular weight excluding hydrogens is 496 g/mol. The van der Waals surface area contributed by atoms with Crippen LogP contribution < -0.4 is 5.32 Å². The highest BCUT2D eigenvalue weighted by molar-refractivity contribution is 5.75. The number of quaternary nitrogens is 1. The lowest BCUT2D eigenvalue weighted by Gasteiger charge is -2.28. The van der Waals surface area contributed by atoms with E-state index >= 15 is 0 Å². The van der Waals surface area contributed by atoms with Gasteiger partial charge in [-0.2, -0.15) is 0 Å². The fourth-order valence-corrected chi connectivity index (χ4v) is 4.92. The Hall–Kier alpha value is -1.62. The normalized spacial score (nSPS) is 11.9. The van der Waals surface area contributed by atoms with Crippen molar-refractivity contribution in [1.82, 2.24) is 5.32 Å². The van der Waals surface area contributed by atoms with Crippen LogP contribution in [-0.2, 0) is 14.3 Å². The number of allylic oxidation sites excluding steroid dienone is 3. The van der Waals surface area contributed by atoms with Gasteiger partial charge in [0.2, 0.25) is 5.91 Å². The van der Waals surface area contributed by atoms with Crippen LogP contribution in [-0.4, -0.2) is 56.7 Å². The smallest absolute Gasteiger partial charge is 0.362 e. The van der Waals surface area contributed by atoms with Crippen molar-refractivity contribution in [2.75, 3.05) is 40.3 Å². The third-order valence-electron chi connectivity index (χ3n) is 7.59. The Kier molecular flexibility index (Phi) is 25.2. The van der Waals surface area contributed by atoms with Gasteiger partial charge in [0.05, 0.1) is 20.6 Å². The molecule has 0 fully saturated rings. The van der Waals surface area contributed by atoms with Crippen LogP contribution in [0, 0.1) is 0 Å². The molecular formula is C35H67N2O3+.